The van der Waals surface area contributed by atoms with E-state index in [-0.39, 0.29) is 17.7 Å². The first kappa shape index (κ1) is 18.0. The van der Waals surface area contributed by atoms with Gasteiger partial charge in [0, 0.05) is 5.69 Å². The average molecular weight is 371 g/mol. The smallest absolute Gasteiger partial charge is 0.271 e. The molecule has 0 aliphatic carbocycles. The maximum atomic E-state index is 12.2. The van der Waals surface area contributed by atoms with Crippen LogP contribution in [0, 0.1) is 13.8 Å². The van der Waals surface area contributed by atoms with Gasteiger partial charge in [0.25, 0.3) is 5.95 Å². The van der Waals surface area contributed by atoms with Crippen molar-refractivity contribution in [2.45, 2.75) is 32.0 Å². The van der Waals surface area contributed by atoms with Crippen molar-refractivity contribution in [1.82, 2.24) is 30.0 Å². The minimum atomic E-state index is -0.0954. The molecule has 3 N–H and O–H groups in total. The van der Waals surface area contributed by atoms with Crippen LogP contribution in [-0.4, -0.2) is 36.3 Å². The maximum absolute atomic E-state index is 12.2. The fourth-order valence-electron chi connectivity index (χ4n) is 2.58. The van der Waals surface area contributed by atoms with Crippen molar-refractivity contribution in [1.29, 1.82) is 0 Å². The molecule has 2 heterocycles. The third kappa shape index (κ3) is 3.88. The lowest BCUT2D eigenvalue weighted by molar-refractivity contribution is -0.119. The number of rotatable bonds is 6. The van der Waals surface area contributed by atoms with E-state index in [4.69, 9.17) is 5.84 Å². The number of hydrogen-bond donors (Lipinski definition) is 2. The van der Waals surface area contributed by atoms with Crippen LogP contribution in [-0.2, 0) is 4.79 Å². The Morgan fingerprint density at radius 2 is 2.00 bits per heavy atom. The van der Waals surface area contributed by atoms with Crippen LogP contribution in [0.2, 0.25) is 0 Å². The summed E-state index contributed by atoms with van der Waals surface area (Å²) in [5.41, 5.74) is 2.83. The molecule has 0 aliphatic heterocycles. The molecule has 0 radical (unpaired) electrons. The van der Waals surface area contributed by atoms with Gasteiger partial charge in [-0.2, -0.15) is 5.10 Å². The molecular formula is C17H21N7OS. The zero-order valence-corrected chi connectivity index (χ0v) is 15.7. The van der Waals surface area contributed by atoms with Gasteiger partial charge in [0.2, 0.25) is 11.1 Å². The predicted molar refractivity (Wildman–Crippen MR) is 100 cm³/mol. The summed E-state index contributed by atoms with van der Waals surface area (Å²) in [7, 11) is 0. The van der Waals surface area contributed by atoms with Crippen LogP contribution in [0.25, 0.3) is 5.95 Å². The zero-order valence-electron chi connectivity index (χ0n) is 14.9. The minimum absolute atomic E-state index is 0.0645. The Morgan fingerprint density at radius 1 is 1.27 bits per heavy atom. The van der Waals surface area contributed by atoms with E-state index < -0.39 is 0 Å². The van der Waals surface area contributed by atoms with Crippen molar-refractivity contribution < 1.29 is 4.79 Å². The maximum Gasteiger partial charge on any atom is 0.271 e. The molecule has 2 aromatic heterocycles. The Hall–Kier alpha value is -2.81. The number of hydrogen-bond acceptors (Lipinski definition) is 6. The van der Waals surface area contributed by atoms with Gasteiger partial charge in [-0.1, -0.05) is 42.1 Å². The highest BCUT2D eigenvalue weighted by atomic mass is 32.2. The van der Waals surface area contributed by atoms with E-state index in [9.17, 15) is 4.79 Å². The molecule has 0 saturated carbocycles. The molecule has 0 spiro atoms. The number of carbonyl (C=O) groups excluding carboxylic acids is 1. The molecule has 0 fully saturated rings. The van der Waals surface area contributed by atoms with Crippen molar-refractivity contribution in [3.8, 4) is 5.95 Å². The largest absolute Gasteiger partial charge is 0.349 e. The second-order valence-corrected chi connectivity index (χ2v) is 6.92. The number of carbonyl (C=O) groups is 1. The van der Waals surface area contributed by atoms with Gasteiger partial charge in [-0.3, -0.25) is 4.79 Å². The predicted octanol–water partition coefficient (Wildman–Crippen LogP) is 1.76. The molecule has 3 rings (SSSR count). The van der Waals surface area contributed by atoms with E-state index in [0.717, 1.165) is 17.0 Å². The van der Waals surface area contributed by atoms with E-state index >= 15 is 0 Å². The van der Waals surface area contributed by atoms with E-state index in [1.54, 1.807) is 4.68 Å². The number of aryl methyl sites for hydroxylation is 2. The fourth-order valence-corrected chi connectivity index (χ4v) is 3.24. The molecule has 26 heavy (non-hydrogen) atoms. The third-order valence-electron chi connectivity index (χ3n) is 3.86. The standard InChI is InChI=1S/C17H21N7OS/c1-11-9-12(2)24(22-11)16-20-21-17(23(16)18)26-10-15(25)19-13(3)14-7-5-4-6-8-14/h4-9,13H,10,18H2,1-3H3,(H,19,25). The Morgan fingerprint density at radius 3 is 2.65 bits per heavy atom. The second kappa shape index (κ2) is 7.61. The number of amides is 1. The average Bonchev–Trinajstić information content (AvgIpc) is 3.15. The molecule has 0 saturated heterocycles. The number of benzene rings is 1. The number of nitrogen functional groups attached to an aromatic ring is 1. The highest BCUT2D eigenvalue weighted by molar-refractivity contribution is 7.99. The van der Waals surface area contributed by atoms with Crippen molar-refractivity contribution >= 4 is 17.7 Å². The van der Waals surface area contributed by atoms with Gasteiger partial charge in [0.05, 0.1) is 17.5 Å². The molecule has 0 bridgehead atoms. The van der Waals surface area contributed by atoms with E-state index in [1.807, 2.05) is 57.2 Å². The van der Waals surface area contributed by atoms with Gasteiger partial charge >= 0.3 is 0 Å². The van der Waals surface area contributed by atoms with Crippen molar-refractivity contribution in [3.05, 3.63) is 53.3 Å². The summed E-state index contributed by atoms with van der Waals surface area (Å²) in [5.74, 6) is 6.59. The summed E-state index contributed by atoms with van der Waals surface area (Å²) in [4.78, 5) is 12.2. The zero-order chi connectivity index (χ0) is 18.7. The minimum Gasteiger partial charge on any atom is -0.349 e. The van der Waals surface area contributed by atoms with Crippen molar-refractivity contribution in [2.24, 2.45) is 0 Å². The molecular weight excluding hydrogens is 350 g/mol. The number of thioether (sulfide) groups is 1. The summed E-state index contributed by atoms with van der Waals surface area (Å²) < 4.78 is 2.97. The highest BCUT2D eigenvalue weighted by Crippen LogP contribution is 2.18. The molecule has 0 aliphatic rings. The van der Waals surface area contributed by atoms with Gasteiger partial charge in [-0.15, -0.1) is 10.2 Å². The van der Waals surface area contributed by atoms with Gasteiger partial charge in [0.15, 0.2) is 0 Å². The monoisotopic (exact) mass is 371 g/mol. The van der Waals surface area contributed by atoms with E-state index in [1.165, 1.54) is 16.4 Å². The van der Waals surface area contributed by atoms with Crippen molar-refractivity contribution in [2.75, 3.05) is 11.6 Å². The lowest BCUT2D eigenvalue weighted by Crippen LogP contribution is -2.28. The molecule has 8 nitrogen and oxygen atoms in total. The van der Waals surface area contributed by atoms with Crippen LogP contribution in [0.15, 0.2) is 41.6 Å². The molecule has 136 valence electrons. The quantitative estimate of drug-likeness (QED) is 0.505. The Labute approximate surface area is 155 Å². The number of nitrogens with one attached hydrogen (secondary N) is 1. The van der Waals surface area contributed by atoms with Crippen LogP contribution < -0.4 is 11.2 Å². The summed E-state index contributed by atoms with van der Waals surface area (Å²) in [6, 6.07) is 11.7. The molecule has 1 atom stereocenters. The summed E-state index contributed by atoms with van der Waals surface area (Å²) >= 11 is 1.23. The lowest BCUT2D eigenvalue weighted by Gasteiger charge is -2.13. The van der Waals surface area contributed by atoms with Gasteiger partial charge in [-0.25, -0.2) is 9.36 Å². The second-order valence-electron chi connectivity index (χ2n) is 5.98. The van der Waals surface area contributed by atoms with Crippen molar-refractivity contribution in [3.63, 3.8) is 0 Å². The summed E-state index contributed by atoms with van der Waals surface area (Å²) in [5, 5.41) is 15.9. The first-order valence-corrected chi connectivity index (χ1v) is 9.15. The topological polar surface area (TPSA) is 104 Å². The lowest BCUT2D eigenvalue weighted by atomic mass is 10.1. The molecule has 9 heteroatoms. The fraction of sp³-hybridized carbons (Fsp3) is 0.294. The Bertz CT molecular complexity index is 903. The molecule has 3 aromatic rings. The van der Waals surface area contributed by atoms with Gasteiger partial charge in [0.1, 0.15) is 0 Å². The summed E-state index contributed by atoms with van der Waals surface area (Å²) in [6.45, 7) is 5.76. The SMILES string of the molecule is Cc1cc(C)n(-c2nnc(SCC(=O)NC(C)c3ccccc3)n2N)n1. The summed E-state index contributed by atoms with van der Waals surface area (Å²) in [6.07, 6.45) is 0. The molecule has 1 unspecified atom stereocenters. The van der Waals surface area contributed by atoms with Gasteiger partial charge < -0.3 is 11.2 Å². The number of nitrogens with two attached hydrogens (primary N) is 1. The molecule has 1 amide bonds. The van der Waals surface area contributed by atoms with E-state index in [2.05, 4.69) is 20.6 Å². The first-order chi connectivity index (χ1) is 12.5. The van der Waals surface area contributed by atoms with Crippen LogP contribution in [0.4, 0.5) is 0 Å². The first-order valence-electron chi connectivity index (χ1n) is 8.17. The Balaban J connectivity index is 1.62. The van der Waals surface area contributed by atoms with E-state index in [0.29, 0.717) is 11.1 Å². The molecule has 1 aromatic carbocycles. The van der Waals surface area contributed by atoms with Crippen LogP contribution in [0.5, 0.6) is 0 Å². The number of nitrogens with zero attached hydrogens (tertiary/aromatic N) is 5. The van der Waals surface area contributed by atoms with Crippen LogP contribution in [0.3, 0.4) is 0 Å². The van der Waals surface area contributed by atoms with Crippen LogP contribution >= 0.6 is 11.8 Å². The number of aromatic nitrogens is 5. The van der Waals surface area contributed by atoms with Crippen LogP contribution in [0.1, 0.15) is 29.9 Å². The Kier molecular flexibility index (Phi) is 5.27. The normalized spacial score (nSPS) is 12.1. The van der Waals surface area contributed by atoms with Gasteiger partial charge in [-0.05, 0) is 32.4 Å². The highest BCUT2D eigenvalue weighted by Gasteiger charge is 2.16. The third-order valence-corrected chi connectivity index (χ3v) is 4.80.